The lowest BCUT2D eigenvalue weighted by molar-refractivity contribution is -0.139. The summed E-state index contributed by atoms with van der Waals surface area (Å²) in [6.45, 7) is 4.85. The first-order valence-electron chi connectivity index (χ1n) is 7.25. The normalized spacial score (nSPS) is 25.8. The lowest BCUT2D eigenvalue weighted by Crippen LogP contribution is -2.55. The van der Waals surface area contributed by atoms with Crippen molar-refractivity contribution in [3.8, 4) is 0 Å². The van der Waals surface area contributed by atoms with E-state index in [0.717, 1.165) is 18.5 Å². The molecule has 2 fully saturated rings. The summed E-state index contributed by atoms with van der Waals surface area (Å²) in [5.74, 6) is 0.0386. The van der Waals surface area contributed by atoms with E-state index in [9.17, 15) is 9.90 Å². The zero-order valence-electron chi connectivity index (χ0n) is 12.1. The molecule has 5 nitrogen and oxygen atoms in total. The van der Waals surface area contributed by atoms with Gasteiger partial charge in [-0.05, 0) is 38.8 Å². The van der Waals surface area contributed by atoms with Gasteiger partial charge in [0.1, 0.15) is 5.69 Å². The molecular formula is C15H22N2O3. The van der Waals surface area contributed by atoms with E-state index in [4.69, 9.17) is 4.74 Å². The van der Waals surface area contributed by atoms with Gasteiger partial charge in [-0.1, -0.05) is 0 Å². The second kappa shape index (κ2) is 4.90. The summed E-state index contributed by atoms with van der Waals surface area (Å²) in [6.07, 6.45) is 4.00. The van der Waals surface area contributed by atoms with E-state index in [1.54, 1.807) is 4.90 Å². The number of nitrogens with zero attached hydrogens (tertiary/aromatic N) is 2. The number of aliphatic hydroxyl groups is 1. The minimum Gasteiger partial charge on any atom is -0.394 e. The molecule has 1 saturated carbocycles. The monoisotopic (exact) mass is 278 g/mol. The van der Waals surface area contributed by atoms with E-state index in [1.165, 1.54) is 0 Å². The SMILES string of the molecule is CC1(C)CN(C(=O)c2cccn2C2CC2)CC(CO)O1. The Labute approximate surface area is 119 Å². The van der Waals surface area contributed by atoms with Crippen molar-refractivity contribution in [2.45, 2.75) is 44.4 Å². The lowest BCUT2D eigenvalue weighted by atomic mass is 10.0. The number of morpholine rings is 1. The van der Waals surface area contributed by atoms with Gasteiger partial charge < -0.3 is 19.3 Å². The van der Waals surface area contributed by atoms with Crippen molar-refractivity contribution in [1.82, 2.24) is 9.47 Å². The number of hydrogen-bond acceptors (Lipinski definition) is 3. The molecule has 2 heterocycles. The predicted molar refractivity (Wildman–Crippen MR) is 74.6 cm³/mol. The van der Waals surface area contributed by atoms with E-state index in [2.05, 4.69) is 4.57 Å². The zero-order valence-corrected chi connectivity index (χ0v) is 12.1. The first-order chi connectivity index (χ1) is 9.50. The minimum absolute atomic E-state index is 0.0386. The molecule has 1 saturated heterocycles. The van der Waals surface area contributed by atoms with E-state index in [-0.39, 0.29) is 18.6 Å². The smallest absolute Gasteiger partial charge is 0.270 e. The van der Waals surface area contributed by atoms with Gasteiger partial charge in [0.15, 0.2) is 0 Å². The van der Waals surface area contributed by atoms with Crippen LogP contribution in [0.3, 0.4) is 0 Å². The fourth-order valence-electron chi connectivity index (χ4n) is 2.95. The Kier molecular flexibility index (Phi) is 3.34. The van der Waals surface area contributed by atoms with Gasteiger partial charge in [0.25, 0.3) is 5.91 Å². The van der Waals surface area contributed by atoms with E-state index < -0.39 is 5.60 Å². The summed E-state index contributed by atoms with van der Waals surface area (Å²) in [6, 6.07) is 4.31. The maximum Gasteiger partial charge on any atom is 0.270 e. The summed E-state index contributed by atoms with van der Waals surface area (Å²) < 4.78 is 7.84. The van der Waals surface area contributed by atoms with Crippen LogP contribution >= 0.6 is 0 Å². The summed E-state index contributed by atoms with van der Waals surface area (Å²) in [7, 11) is 0. The van der Waals surface area contributed by atoms with Gasteiger partial charge in [-0.15, -0.1) is 0 Å². The summed E-state index contributed by atoms with van der Waals surface area (Å²) in [5.41, 5.74) is 0.333. The van der Waals surface area contributed by atoms with Crippen molar-refractivity contribution in [1.29, 1.82) is 0 Å². The van der Waals surface area contributed by atoms with Crippen LogP contribution in [0.15, 0.2) is 18.3 Å². The first-order valence-corrected chi connectivity index (χ1v) is 7.25. The van der Waals surface area contributed by atoms with E-state index in [1.807, 2.05) is 32.2 Å². The average molecular weight is 278 g/mol. The van der Waals surface area contributed by atoms with Crippen LogP contribution in [0.4, 0.5) is 0 Å². The highest BCUT2D eigenvalue weighted by atomic mass is 16.5. The summed E-state index contributed by atoms with van der Waals surface area (Å²) in [4.78, 5) is 14.5. The molecule has 5 heteroatoms. The number of amides is 1. The van der Waals surface area contributed by atoms with Crippen molar-refractivity contribution in [3.63, 3.8) is 0 Å². The third-order valence-electron chi connectivity index (χ3n) is 3.91. The fourth-order valence-corrected chi connectivity index (χ4v) is 2.95. The van der Waals surface area contributed by atoms with Gasteiger partial charge in [-0.3, -0.25) is 4.79 Å². The molecule has 1 aliphatic carbocycles. The second-order valence-electron chi connectivity index (χ2n) is 6.40. The van der Waals surface area contributed by atoms with Crippen LogP contribution in [-0.2, 0) is 4.74 Å². The Morgan fingerprint density at radius 1 is 1.50 bits per heavy atom. The maximum absolute atomic E-state index is 12.7. The Balaban J connectivity index is 1.80. The molecule has 1 N–H and O–H groups in total. The van der Waals surface area contributed by atoms with Crippen LogP contribution in [-0.4, -0.2) is 51.9 Å². The molecule has 20 heavy (non-hydrogen) atoms. The highest BCUT2D eigenvalue weighted by molar-refractivity contribution is 5.93. The number of aromatic nitrogens is 1. The molecule has 1 aliphatic heterocycles. The van der Waals surface area contributed by atoms with Crippen LogP contribution in [0.5, 0.6) is 0 Å². The minimum atomic E-state index is -0.418. The third kappa shape index (κ3) is 2.60. The molecule has 0 radical (unpaired) electrons. The zero-order chi connectivity index (χ0) is 14.3. The second-order valence-corrected chi connectivity index (χ2v) is 6.40. The summed E-state index contributed by atoms with van der Waals surface area (Å²) in [5, 5.41) is 9.34. The van der Waals surface area contributed by atoms with Crippen molar-refractivity contribution in [2.24, 2.45) is 0 Å². The van der Waals surface area contributed by atoms with Crippen LogP contribution in [0.25, 0.3) is 0 Å². The van der Waals surface area contributed by atoms with Gasteiger partial charge in [0, 0.05) is 25.3 Å². The molecule has 1 unspecified atom stereocenters. The van der Waals surface area contributed by atoms with Crippen molar-refractivity contribution in [2.75, 3.05) is 19.7 Å². The number of carbonyl (C=O) groups excluding carboxylic acids is 1. The molecule has 1 atom stereocenters. The highest BCUT2D eigenvalue weighted by Crippen LogP contribution is 2.36. The number of aliphatic hydroxyl groups excluding tert-OH is 1. The maximum atomic E-state index is 12.7. The average Bonchev–Trinajstić information content (AvgIpc) is 3.13. The molecule has 0 aromatic carbocycles. The van der Waals surface area contributed by atoms with Gasteiger partial charge >= 0.3 is 0 Å². The number of carbonyl (C=O) groups is 1. The van der Waals surface area contributed by atoms with Crippen LogP contribution in [0, 0.1) is 0 Å². The van der Waals surface area contributed by atoms with E-state index in [0.29, 0.717) is 19.1 Å². The molecule has 1 aromatic rings. The van der Waals surface area contributed by atoms with Crippen molar-refractivity contribution < 1.29 is 14.6 Å². The van der Waals surface area contributed by atoms with E-state index >= 15 is 0 Å². The van der Waals surface area contributed by atoms with Gasteiger partial charge in [0.05, 0.1) is 18.3 Å². The third-order valence-corrected chi connectivity index (χ3v) is 3.91. The summed E-state index contributed by atoms with van der Waals surface area (Å²) >= 11 is 0. The molecule has 2 aliphatic rings. The standard InChI is InChI=1S/C15H22N2O3/c1-15(2)10-16(8-12(9-18)20-15)14(19)13-4-3-7-17(13)11-5-6-11/h3-4,7,11-12,18H,5-6,8-10H2,1-2H3. The molecular weight excluding hydrogens is 256 g/mol. The molecule has 1 aromatic heterocycles. The fraction of sp³-hybridized carbons (Fsp3) is 0.667. The Hall–Kier alpha value is -1.33. The quantitative estimate of drug-likeness (QED) is 0.910. The molecule has 0 spiro atoms. The van der Waals surface area contributed by atoms with Gasteiger partial charge in [-0.25, -0.2) is 0 Å². The molecule has 1 amide bonds. The lowest BCUT2D eigenvalue weighted by Gasteiger charge is -2.42. The predicted octanol–water partition coefficient (Wildman–Crippen LogP) is 1.43. The molecule has 110 valence electrons. The topological polar surface area (TPSA) is 54.7 Å². The Bertz CT molecular complexity index is 505. The highest BCUT2D eigenvalue weighted by Gasteiger charge is 2.37. The van der Waals surface area contributed by atoms with Crippen molar-refractivity contribution >= 4 is 5.91 Å². The molecule has 0 bridgehead atoms. The van der Waals surface area contributed by atoms with Crippen molar-refractivity contribution in [3.05, 3.63) is 24.0 Å². The van der Waals surface area contributed by atoms with Crippen LogP contribution < -0.4 is 0 Å². The number of hydrogen-bond donors (Lipinski definition) is 1. The number of ether oxygens (including phenoxy) is 1. The van der Waals surface area contributed by atoms with Crippen LogP contribution in [0.2, 0.25) is 0 Å². The van der Waals surface area contributed by atoms with Gasteiger partial charge in [0.2, 0.25) is 0 Å². The van der Waals surface area contributed by atoms with Gasteiger partial charge in [-0.2, -0.15) is 0 Å². The van der Waals surface area contributed by atoms with Crippen LogP contribution in [0.1, 0.15) is 43.2 Å². The number of rotatable bonds is 3. The largest absolute Gasteiger partial charge is 0.394 e. The first kappa shape index (κ1) is 13.6. The molecule has 3 rings (SSSR count). The Morgan fingerprint density at radius 3 is 2.90 bits per heavy atom. The Morgan fingerprint density at radius 2 is 2.25 bits per heavy atom.